The molecule has 9 heteroatoms. The zero-order valence-corrected chi connectivity index (χ0v) is 18.5. The molecule has 0 aliphatic heterocycles. The number of ether oxygens (including phenoxy) is 7. The van der Waals surface area contributed by atoms with E-state index in [9.17, 15) is 9.90 Å². The van der Waals surface area contributed by atoms with Crippen LogP contribution in [-0.2, 0) is 0 Å². The normalized spacial score (nSPS) is 10.5. The van der Waals surface area contributed by atoms with Crippen LogP contribution in [0.15, 0.2) is 18.2 Å². The van der Waals surface area contributed by atoms with E-state index in [-0.39, 0.29) is 28.6 Å². The Morgan fingerprint density at radius 2 is 1.19 bits per heavy atom. The smallest absolute Gasteiger partial charge is 0.211 e. The molecule has 0 aliphatic rings. The van der Waals surface area contributed by atoms with Crippen LogP contribution in [0.3, 0.4) is 0 Å². The summed E-state index contributed by atoms with van der Waals surface area (Å²) in [6, 6.07) is 3.31. The molecule has 168 valence electrons. The maximum absolute atomic E-state index is 13.1. The summed E-state index contributed by atoms with van der Waals surface area (Å²) in [4.78, 5) is 13.1. The predicted molar refractivity (Wildman–Crippen MR) is 114 cm³/mol. The van der Waals surface area contributed by atoms with Crippen LogP contribution in [0.2, 0.25) is 0 Å². The van der Waals surface area contributed by atoms with E-state index in [0.717, 1.165) is 0 Å². The number of hydrogen-bond donors (Lipinski definition) is 1. The van der Waals surface area contributed by atoms with Gasteiger partial charge in [0.1, 0.15) is 22.8 Å². The van der Waals surface area contributed by atoms with Crippen molar-refractivity contribution in [3.63, 3.8) is 0 Å². The number of aromatic hydroxyl groups is 1. The highest BCUT2D eigenvalue weighted by atomic mass is 16.5. The third-order valence-electron chi connectivity index (χ3n) is 4.52. The second-order valence-corrected chi connectivity index (χ2v) is 6.00. The van der Waals surface area contributed by atoms with Crippen molar-refractivity contribution in [2.45, 2.75) is 0 Å². The van der Waals surface area contributed by atoms with Gasteiger partial charge in [-0.25, -0.2) is 0 Å². The molecule has 31 heavy (non-hydrogen) atoms. The van der Waals surface area contributed by atoms with Crippen LogP contribution in [0.5, 0.6) is 46.0 Å². The molecule has 0 aliphatic carbocycles. The van der Waals surface area contributed by atoms with Gasteiger partial charge in [-0.2, -0.15) is 0 Å². The minimum atomic E-state index is -0.575. The molecule has 0 aromatic heterocycles. The third kappa shape index (κ3) is 4.40. The topological polar surface area (TPSA) is 102 Å². The molecule has 0 bridgehead atoms. The molecule has 0 fully saturated rings. The van der Waals surface area contributed by atoms with Gasteiger partial charge >= 0.3 is 0 Å². The van der Waals surface area contributed by atoms with Gasteiger partial charge in [0.15, 0.2) is 17.3 Å². The fourth-order valence-electron chi connectivity index (χ4n) is 3.07. The van der Waals surface area contributed by atoms with Crippen molar-refractivity contribution < 1.29 is 43.1 Å². The largest absolute Gasteiger partial charge is 0.504 e. The van der Waals surface area contributed by atoms with E-state index in [1.807, 2.05) is 0 Å². The Bertz CT molecular complexity index is 955. The lowest BCUT2D eigenvalue weighted by Crippen LogP contribution is -2.06. The molecule has 2 aromatic carbocycles. The van der Waals surface area contributed by atoms with E-state index in [1.165, 1.54) is 61.9 Å². The average molecular weight is 434 g/mol. The van der Waals surface area contributed by atoms with Crippen LogP contribution in [0.4, 0.5) is 0 Å². The Kier molecular flexibility index (Phi) is 7.84. The number of ketones is 1. The maximum Gasteiger partial charge on any atom is 0.211 e. The number of benzene rings is 2. The minimum absolute atomic E-state index is 0.000890. The van der Waals surface area contributed by atoms with Crippen molar-refractivity contribution in [1.82, 2.24) is 0 Å². The van der Waals surface area contributed by atoms with E-state index < -0.39 is 11.5 Å². The highest BCUT2D eigenvalue weighted by Crippen LogP contribution is 2.53. The van der Waals surface area contributed by atoms with Gasteiger partial charge in [0.25, 0.3) is 0 Å². The Morgan fingerprint density at radius 1 is 0.710 bits per heavy atom. The Morgan fingerprint density at radius 3 is 1.61 bits per heavy atom. The number of rotatable bonds is 10. The van der Waals surface area contributed by atoms with Gasteiger partial charge in [0, 0.05) is 12.1 Å². The number of hydrogen-bond acceptors (Lipinski definition) is 9. The zero-order chi connectivity index (χ0) is 23.1. The third-order valence-corrected chi connectivity index (χ3v) is 4.52. The van der Waals surface area contributed by atoms with Crippen LogP contribution in [0.25, 0.3) is 6.08 Å². The molecule has 0 amide bonds. The fraction of sp³-hybridized carbons (Fsp3) is 0.318. The molecule has 0 spiro atoms. The first-order valence-electron chi connectivity index (χ1n) is 9.03. The van der Waals surface area contributed by atoms with Crippen molar-refractivity contribution in [2.75, 3.05) is 49.8 Å². The number of phenolic OH excluding ortho intramolecular Hbond substituents is 1. The molecule has 0 saturated carbocycles. The van der Waals surface area contributed by atoms with Gasteiger partial charge in [0.2, 0.25) is 17.2 Å². The molecule has 9 nitrogen and oxygen atoms in total. The highest BCUT2D eigenvalue weighted by Gasteiger charge is 2.30. The second kappa shape index (κ2) is 10.3. The molecule has 2 rings (SSSR count). The molecule has 0 atom stereocenters. The lowest BCUT2D eigenvalue weighted by Gasteiger charge is -2.19. The van der Waals surface area contributed by atoms with Crippen LogP contribution in [0.1, 0.15) is 15.9 Å². The van der Waals surface area contributed by atoms with E-state index in [1.54, 1.807) is 12.1 Å². The summed E-state index contributed by atoms with van der Waals surface area (Å²) in [7, 11) is 9.94. The number of phenols is 1. The average Bonchev–Trinajstić information content (AvgIpc) is 2.80. The first kappa shape index (κ1) is 23.5. The van der Waals surface area contributed by atoms with Gasteiger partial charge in [0.05, 0.1) is 55.3 Å². The van der Waals surface area contributed by atoms with Gasteiger partial charge in [-0.1, -0.05) is 0 Å². The lowest BCUT2D eigenvalue weighted by atomic mass is 10.0. The summed E-state index contributed by atoms with van der Waals surface area (Å²) in [6.07, 6.45) is 2.75. The van der Waals surface area contributed by atoms with Crippen LogP contribution in [0, 0.1) is 0 Å². The van der Waals surface area contributed by atoms with E-state index >= 15 is 0 Å². The van der Waals surface area contributed by atoms with Crippen molar-refractivity contribution >= 4 is 11.9 Å². The minimum Gasteiger partial charge on any atom is -0.504 e. The van der Waals surface area contributed by atoms with Gasteiger partial charge < -0.3 is 38.3 Å². The Labute approximate surface area is 180 Å². The summed E-state index contributed by atoms with van der Waals surface area (Å²) < 4.78 is 37.2. The molecule has 1 N–H and O–H groups in total. The number of methoxy groups -OCH3 is 7. The van der Waals surface area contributed by atoms with Gasteiger partial charge in [-0.05, 0) is 12.2 Å². The lowest BCUT2D eigenvalue weighted by molar-refractivity contribution is 0.104. The van der Waals surface area contributed by atoms with Crippen LogP contribution < -0.4 is 33.2 Å². The van der Waals surface area contributed by atoms with Gasteiger partial charge in [-0.3, -0.25) is 4.79 Å². The standard InChI is InChI=1S/C22H26O9/c1-25-12-10-15(26-2)13(16(11-12)27-3)8-9-14(23)17-18(24)20(29-5)22(31-7)21(30-6)19(17)28-4/h8-11,24H,1-7H3/b9-8+. The van der Waals surface area contributed by atoms with Gasteiger partial charge in [-0.15, -0.1) is 0 Å². The molecule has 0 unspecified atom stereocenters. The molecule has 0 radical (unpaired) electrons. The Balaban J connectivity index is 2.65. The van der Waals surface area contributed by atoms with E-state index in [0.29, 0.717) is 22.8 Å². The molecule has 0 heterocycles. The van der Waals surface area contributed by atoms with Crippen molar-refractivity contribution in [3.8, 4) is 46.0 Å². The van der Waals surface area contributed by atoms with E-state index in [2.05, 4.69) is 0 Å². The highest BCUT2D eigenvalue weighted by molar-refractivity contribution is 6.12. The first-order chi connectivity index (χ1) is 14.9. The predicted octanol–water partition coefficient (Wildman–Crippen LogP) is 3.35. The summed E-state index contributed by atoms with van der Waals surface area (Å²) >= 11 is 0. The Hall–Kier alpha value is -3.75. The molecular weight excluding hydrogens is 408 g/mol. The van der Waals surface area contributed by atoms with Crippen LogP contribution in [-0.4, -0.2) is 60.7 Å². The SMILES string of the molecule is COc1cc(OC)c(/C=C/C(=O)c2c(O)c(OC)c(OC)c(OC)c2OC)c(OC)c1. The monoisotopic (exact) mass is 434 g/mol. The van der Waals surface area contributed by atoms with Crippen molar-refractivity contribution in [2.24, 2.45) is 0 Å². The number of carbonyl (C=O) groups excluding carboxylic acids is 1. The van der Waals surface area contributed by atoms with Crippen molar-refractivity contribution in [1.29, 1.82) is 0 Å². The summed E-state index contributed by atoms with van der Waals surface area (Å²) in [6.45, 7) is 0. The second-order valence-electron chi connectivity index (χ2n) is 6.00. The summed E-state index contributed by atoms with van der Waals surface area (Å²) in [5, 5.41) is 10.7. The molecular formula is C22H26O9. The van der Waals surface area contributed by atoms with Crippen molar-refractivity contribution in [3.05, 3.63) is 29.3 Å². The first-order valence-corrected chi connectivity index (χ1v) is 9.03. The molecule has 0 saturated heterocycles. The molecule has 2 aromatic rings. The van der Waals surface area contributed by atoms with Crippen LogP contribution >= 0.6 is 0 Å². The zero-order valence-electron chi connectivity index (χ0n) is 18.5. The number of allylic oxidation sites excluding steroid dienone is 1. The maximum atomic E-state index is 13.1. The quantitative estimate of drug-likeness (QED) is 0.445. The summed E-state index contributed by atoms with van der Waals surface area (Å²) in [5.74, 6) is 0.518. The number of carbonyl (C=O) groups is 1. The van der Waals surface area contributed by atoms with E-state index in [4.69, 9.17) is 33.2 Å². The fourth-order valence-corrected chi connectivity index (χ4v) is 3.07. The summed E-state index contributed by atoms with van der Waals surface area (Å²) in [5.41, 5.74) is 0.352.